The van der Waals surface area contributed by atoms with Gasteiger partial charge in [0.25, 0.3) is 0 Å². The van der Waals surface area contributed by atoms with Gasteiger partial charge in [-0.3, -0.25) is 0 Å². The van der Waals surface area contributed by atoms with Crippen molar-refractivity contribution in [3.63, 3.8) is 0 Å². The molecule has 0 saturated carbocycles. The third kappa shape index (κ3) is 4.61. The van der Waals surface area contributed by atoms with Gasteiger partial charge in [-0.1, -0.05) is 59.6 Å². The number of ether oxygens (including phenoxy) is 1. The van der Waals surface area contributed by atoms with Crippen molar-refractivity contribution in [1.29, 1.82) is 0 Å². The van der Waals surface area contributed by atoms with E-state index in [0.29, 0.717) is 16.1 Å². The Balaban J connectivity index is 2.11. The first-order valence-electron chi connectivity index (χ1n) is 7.62. The maximum atomic E-state index is 13.8. The molecule has 0 saturated heterocycles. The van der Waals surface area contributed by atoms with E-state index < -0.39 is 12.3 Å². The molecule has 0 bridgehead atoms. The van der Waals surface area contributed by atoms with Crippen LogP contribution in [0.1, 0.15) is 11.7 Å². The van der Waals surface area contributed by atoms with Gasteiger partial charge in [-0.15, -0.1) is 0 Å². The van der Waals surface area contributed by atoms with Crippen molar-refractivity contribution in [3.05, 3.63) is 70.3 Å². The average Bonchev–Trinajstić information content (AvgIpc) is 2.59. The van der Waals surface area contributed by atoms with Crippen LogP contribution in [0, 0.1) is 0 Å². The Labute approximate surface area is 162 Å². The fourth-order valence-corrected chi connectivity index (χ4v) is 2.88. The highest BCUT2D eigenvalue weighted by molar-refractivity contribution is 6.31. The molecule has 0 aliphatic carbocycles. The van der Waals surface area contributed by atoms with Crippen LogP contribution in [0.4, 0.5) is 19.1 Å². The van der Waals surface area contributed by atoms with Gasteiger partial charge in [-0.05, 0) is 23.3 Å². The number of nitrogens with zero attached hydrogens (tertiary/aromatic N) is 2. The molecule has 0 aliphatic heterocycles. The SMILES string of the molecule is Nc1nc(Cl)cc(O[C@H](c2ccc(Cl)cc2-c2ccccc2)C(F)(F)F)n1. The Hall–Kier alpha value is -2.51. The number of anilines is 1. The largest absolute Gasteiger partial charge is 0.460 e. The predicted molar refractivity (Wildman–Crippen MR) is 97.8 cm³/mol. The topological polar surface area (TPSA) is 61.0 Å². The van der Waals surface area contributed by atoms with Gasteiger partial charge in [0.05, 0.1) is 0 Å². The van der Waals surface area contributed by atoms with Crippen molar-refractivity contribution in [1.82, 2.24) is 9.97 Å². The lowest BCUT2D eigenvalue weighted by atomic mass is 9.96. The zero-order valence-electron chi connectivity index (χ0n) is 13.5. The number of rotatable bonds is 4. The van der Waals surface area contributed by atoms with E-state index in [1.165, 1.54) is 18.2 Å². The third-order valence-electron chi connectivity index (χ3n) is 3.61. The van der Waals surface area contributed by atoms with Gasteiger partial charge in [0.2, 0.25) is 17.9 Å². The van der Waals surface area contributed by atoms with Gasteiger partial charge in [-0.25, -0.2) is 4.98 Å². The smallest absolute Gasteiger partial charge is 0.429 e. The van der Waals surface area contributed by atoms with Crippen molar-refractivity contribution in [2.45, 2.75) is 12.3 Å². The first kappa shape index (κ1) is 19.3. The van der Waals surface area contributed by atoms with E-state index in [1.807, 2.05) is 0 Å². The van der Waals surface area contributed by atoms with E-state index in [2.05, 4.69) is 9.97 Å². The number of hydrogen-bond acceptors (Lipinski definition) is 4. The average molecular weight is 414 g/mol. The fraction of sp³-hybridized carbons (Fsp3) is 0.111. The molecule has 0 amide bonds. The molecular weight excluding hydrogens is 402 g/mol. The quantitative estimate of drug-likeness (QED) is 0.556. The van der Waals surface area contributed by atoms with Crippen LogP contribution in [0.3, 0.4) is 0 Å². The minimum Gasteiger partial charge on any atom is -0.460 e. The Kier molecular flexibility index (Phi) is 5.43. The molecule has 0 fully saturated rings. The lowest BCUT2D eigenvalue weighted by Crippen LogP contribution is -2.27. The van der Waals surface area contributed by atoms with Crippen LogP contribution in [0.15, 0.2) is 54.6 Å². The van der Waals surface area contributed by atoms with Crippen LogP contribution >= 0.6 is 23.2 Å². The molecule has 0 spiro atoms. The Bertz CT molecular complexity index is 932. The molecule has 2 N–H and O–H groups in total. The molecule has 1 atom stereocenters. The summed E-state index contributed by atoms with van der Waals surface area (Å²) >= 11 is 11.7. The molecule has 140 valence electrons. The lowest BCUT2D eigenvalue weighted by molar-refractivity contribution is -0.198. The molecule has 0 unspecified atom stereocenters. The number of benzene rings is 2. The van der Waals surface area contributed by atoms with Crippen LogP contribution in [-0.4, -0.2) is 16.1 Å². The van der Waals surface area contributed by atoms with E-state index in [1.54, 1.807) is 30.3 Å². The van der Waals surface area contributed by atoms with E-state index in [-0.39, 0.29) is 22.5 Å². The van der Waals surface area contributed by atoms with Crippen molar-refractivity contribution in [3.8, 4) is 17.0 Å². The van der Waals surface area contributed by atoms with Gasteiger partial charge in [0.1, 0.15) is 5.15 Å². The minimum absolute atomic E-state index is 0.119. The second-order valence-corrected chi connectivity index (χ2v) is 6.35. The Morgan fingerprint density at radius 1 is 0.963 bits per heavy atom. The highest BCUT2D eigenvalue weighted by atomic mass is 35.5. The zero-order valence-corrected chi connectivity index (χ0v) is 15.1. The van der Waals surface area contributed by atoms with Crippen molar-refractivity contribution < 1.29 is 17.9 Å². The molecule has 27 heavy (non-hydrogen) atoms. The highest BCUT2D eigenvalue weighted by Gasteiger charge is 2.44. The Morgan fingerprint density at radius 2 is 1.67 bits per heavy atom. The summed E-state index contributed by atoms with van der Waals surface area (Å²) in [5.41, 5.74) is 6.17. The first-order valence-corrected chi connectivity index (χ1v) is 8.38. The van der Waals surface area contributed by atoms with Crippen LogP contribution in [0.25, 0.3) is 11.1 Å². The van der Waals surface area contributed by atoms with Crippen molar-refractivity contribution >= 4 is 29.2 Å². The number of nitrogens with two attached hydrogens (primary N) is 1. The van der Waals surface area contributed by atoms with Crippen molar-refractivity contribution in [2.75, 3.05) is 5.73 Å². The van der Waals surface area contributed by atoms with Gasteiger partial charge >= 0.3 is 6.18 Å². The van der Waals surface area contributed by atoms with Gasteiger partial charge in [0.15, 0.2) is 0 Å². The number of halogens is 5. The second-order valence-electron chi connectivity index (χ2n) is 5.52. The predicted octanol–water partition coefficient (Wildman–Crippen LogP) is 5.72. The number of alkyl halides is 3. The number of hydrogen-bond donors (Lipinski definition) is 1. The molecule has 2 aromatic carbocycles. The molecule has 0 radical (unpaired) electrons. The van der Waals surface area contributed by atoms with E-state index in [4.69, 9.17) is 33.7 Å². The highest BCUT2D eigenvalue weighted by Crippen LogP contribution is 2.41. The summed E-state index contributed by atoms with van der Waals surface area (Å²) in [6.07, 6.45) is -7.04. The standard InChI is InChI=1S/C18H12Cl2F3N3O/c19-11-6-7-12(13(8-11)10-4-2-1-3-5-10)16(18(21,22)23)27-15-9-14(20)25-17(24)26-15/h1-9,16H,(H2,24,25,26)/t16-/m1/s1. The van der Waals surface area contributed by atoms with E-state index in [9.17, 15) is 13.2 Å². The molecule has 0 aliphatic rings. The third-order valence-corrected chi connectivity index (χ3v) is 4.04. The van der Waals surface area contributed by atoms with Crippen LogP contribution in [0.5, 0.6) is 5.88 Å². The summed E-state index contributed by atoms with van der Waals surface area (Å²) in [5, 5.41) is 0.172. The number of nitrogen functional groups attached to an aromatic ring is 1. The van der Waals surface area contributed by atoms with Crippen molar-refractivity contribution in [2.24, 2.45) is 0 Å². The van der Waals surface area contributed by atoms with Crippen LogP contribution in [-0.2, 0) is 0 Å². The normalized spacial score (nSPS) is 12.6. The van der Waals surface area contributed by atoms with E-state index in [0.717, 1.165) is 6.07 Å². The number of aromatic nitrogens is 2. The monoisotopic (exact) mass is 413 g/mol. The fourth-order valence-electron chi connectivity index (χ4n) is 2.53. The molecule has 9 heteroatoms. The van der Waals surface area contributed by atoms with Crippen LogP contribution in [0.2, 0.25) is 10.2 Å². The second kappa shape index (κ2) is 7.62. The molecule has 1 heterocycles. The summed E-state index contributed by atoms with van der Waals surface area (Å²) in [6.45, 7) is 0. The minimum atomic E-state index is -4.73. The lowest BCUT2D eigenvalue weighted by Gasteiger charge is -2.24. The zero-order chi connectivity index (χ0) is 19.6. The van der Waals surface area contributed by atoms with Gasteiger partial charge < -0.3 is 10.5 Å². The maximum Gasteiger partial charge on any atom is 0.429 e. The van der Waals surface area contributed by atoms with E-state index >= 15 is 0 Å². The molecular formula is C18H12Cl2F3N3O. The summed E-state index contributed by atoms with van der Waals surface area (Å²) < 4.78 is 46.6. The molecule has 3 rings (SSSR count). The van der Waals surface area contributed by atoms with Gasteiger partial charge in [0, 0.05) is 16.7 Å². The molecule has 3 aromatic rings. The summed E-state index contributed by atoms with van der Waals surface area (Å²) in [4.78, 5) is 7.27. The summed E-state index contributed by atoms with van der Waals surface area (Å²) in [6, 6.07) is 13.7. The summed E-state index contributed by atoms with van der Waals surface area (Å²) in [7, 11) is 0. The Morgan fingerprint density at radius 3 is 2.30 bits per heavy atom. The molecule has 1 aromatic heterocycles. The summed E-state index contributed by atoms with van der Waals surface area (Å²) in [5.74, 6) is -0.679. The van der Waals surface area contributed by atoms with Gasteiger partial charge in [-0.2, -0.15) is 18.2 Å². The first-order chi connectivity index (χ1) is 12.7. The molecule has 4 nitrogen and oxygen atoms in total. The van der Waals surface area contributed by atoms with Crippen LogP contribution < -0.4 is 10.5 Å². The maximum absolute atomic E-state index is 13.8.